The van der Waals surface area contributed by atoms with Crippen LogP contribution in [0.1, 0.15) is 12.5 Å². The third-order valence-corrected chi connectivity index (χ3v) is 2.16. The minimum Gasteiger partial charge on any atom is -0.462 e. The van der Waals surface area contributed by atoms with Gasteiger partial charge in [-0.2, -0.15) is 5.26 Å². The van der Waals surface area contributed by atoms with Gasteiger partial charge in [-0.05, 0) is 24.0 Å². The molecule has 0 saturated carbocycles. The molecule has 0 radical (unpaired) electrons. The first-order valence-electron chi connectivity index (χ1n) is 5.33. The molecule has 0 amide bonds. The predicted molar refractivity (Wildman–Crippen MR) is 66.5 cm³/mol. The van der Waals surface area contributed by atoms with Crippen LogP contribution in [0.5, 0.6) is 0 Å². The standard InChI is InChI=1S/C12H12BNO4/c1-2-18-12(15)10(8-14)7-9-3-5-11(6-4-9)13(16)17/h3-7,16-17H,2H2,1H3. The fraction of sp³-hybridized carbons (Fsp3) is 0.167. The normalized spacial score (nSPS) is 10.7. The Kier molecular flexibility index (Phi) is 5.12. The molecule has 0 saturated heterocycles. The zero-order chi connectivity index (χ0) is 13.5. The summed E-state index contributed by atoms with van der Waals surface area (Å²) in [6.45, 7) is 1.86. The monoisotopic (exact) mass is 245 g/mol. The van der Waals surface area contributed by atoms with Gasteiger partial charge in [-0.1, -0.05) is 24.3 Å². The van der Waals surface area contributed by atoms with Gasteiger partial charge < -0.3 is 14.8 Å². The summed E-state index contributed by atoms with van der Waals surface area (Å²) < 4.78 is 4.72. The fourth-order valence-electron chi connectivity index (χ4n) is 1.28. The van der Waals surface area contributed by atoms with Crippen molar-refractivity contribution in [2.75, 3.05) is 6.61 Å². The SMILES string of the molecule is CCOC(=O)C(C#N)=Cc1ccc(B(O)O)cc1. The number of nitrogens with zero attached hydrogens (tertiary/aromatic N) is 1. The van der Waals surface area contributed by atoms with Gasteiger partial charge in [-0.25, -0.2) is 4.79 Å². The van der Waals surface area contributed by atoms with Gasteiger partial charge in [0.2, 0.25) is 0 Å². The molecule has 2 N–H and O–H groups in total. The number of rotatable bonds is 4. The lowest BCUT2D eigenvalue weighted by atomic mass is 9.80. The third kappa shape index (κ3) is 3.73. The van der Waals surface area contributed by atoms with Crippen LogP contribution in [0.15, 0.2) is 29.8 Å². The van der Waals surface area contributed by atoms with Gasteiger partial charge in [0, 0.05) is 0 Å². The first kappa shape index (κ1) is 14.0. The summed E-state index contributed by atoms with van der Waals surface area (Å²) >= 11 is 0. The highest BCUT2D eigenvalue weighted by Gasteiger charge is 2.11. The number of carbonyl (C=O) groups is 1. The van der Waals surface area contributed by atoms with E-state index in [1.54, 1.807) is 25.1 Å². The highest BCUT2D eigenvalue weighted by atomic mass is 16.5. The number of carbonyl (C=O) groups excluding carboxylic acids is 1. The topological polar surface area (TPSA) is 90.6 Å². The van der Waals surface area contributed by atoms with Crippen molar-refractivity contribution in [3.8, 4) is 6.07 Å². The molecule has 92 valence electrons. The molecule has 5 nitrogen and oxygen atoms in total. The lowest BCUT2D eigenvalue weighted by molar-refractivity contribution is -0.137. The Morgan fingerprint density at radius 1 is 1.44 bits per heavy atom. The van der Waals surface area contributed by atoms with E-state index in [1.165, 1.54) is 18.2 Å². The molecule has 1 aromatic rings. The van der Waals surface area contributed by atoms with Crippen LogP contribution in [0.3, 0.4) is 0 Å². The van der Waals surface area contributed by atoms with Crippen LogP contribution >= 0.6 is 0 Å². The number of esters is 1. The molecule has 0 unspecified atom stereocenters. The fourth-order valence-corrected chi connectivity index (χ4v) is 1.28. The van der Waals surface area contributed by atoms with Gasteiger partial charge in [0.15, 0.2) is 0 Å². The molecule has 0 atom stereocenters. The molecule has 0 spiro atoms. The van der Waals surface area contributed by atoms with Crippen LogP contribution in [-0.4, -0.2) is 29.7 Å². The van der Waals surface area contributed by atoms with E-state index in [0.29, 0.717) is 11.0 Å². The molecule has 0 aliphatic carbocycles. The van der Waals surface area contributed by atoms with Crippen LogP contribution in [0.25, 0.3) is 6.08 Å². The van der Waals surface area contributed by atoms with E-state index in [9.17, 15) is 4.79 Å². The molecule has 0 aliphatic heterocycles. The third-order valence-electron chi connectivity index (χ3n) is 2.16. The van der Waals surface area contributed by atoms with Crippen LogP contribution in [-0.2, 0) is 9.53 Å². The summed E-state index contributed by atoms with van der Waals surface area (Å²) in [5.74, 6) is -0.675. The second-order valence-corrected chi connectivity index (χ2v) is 3.43. The number of hydrogen-bond donors (Lipinski definition) is 2. The Morgan fingerprint density at radius 3 is 2.50 bits per heavy atom. The molecule has 1 aromatic carbocycles. The number of nitriles is 1. The molecule has 0 heterocycles. The molecule has 6 heteroatoms. The summed E-state index contributed by atoms with van der Waals surface area (Å²) in [6, 6.07) is 7.90. The minimum atomic E-state index is -1.54. The van der Waals surface area contributed by atoms with Gasteiger partial charge in [0.1, 0.15) is 11.6 Å². The minimum absolute atomic E-state index is 0.103. The van der Waals surface area contributed by atoms with Crippen molar-refractivity contribution in [2.45, 2.75) is 6.92 Å². The maximum absolute atomic E-state index is 11.4. The molecule has 0 aliphatic rings. The van der Waals surface area contributed by atoms with Crippen LogP contribution in [0.4, 0.5) is 0 Å². The second kappa shape index (κ2) is 6.59. The highest BCUT2D eigenvalue weighted by molar-refractivity contribution is 6.58. The van der Waals surface area contributed by atoms with Gasteiger partial charge >= 0.3 is 13.1 Å². The van der Waals surface area contributed by atoms with Crippen molar-refractivity contribution >= 4 is 24.6 Å². The van der Waals surface area contributed by atoms with Crippen molar-refractivity contribution in [2.24, 2.45) is 0 Å². The summed E-state index contributed by atoms with van der Waals surface area (Å²) in [6.07, 6.45) is 1.38. The van der Waals surface area contributed by atoms with Crippen molar-refractivity contribution in [3.63, 3.8) is 0 Å². The maximum atomic E-state index is 11.4. The van der Waals surface area contributed by atoms with E-state index in [2.05, 4.69) is 0 Å². The first-order chi connectivity index (χ1) is 8.58. The Hall–Kier alpha value is -2.10. The van der Waals surface area contributed by atoms with Crippen molar-refractivity contribution in [1.29, 1.82) is 5.26 Å². The summed E-state index contributed by atoms with van der Waals surface area (Å²) in [7, 11) is -1.54. The van der Waals surface area contributed by atoms with Gasteiger partial charge in [0.25, 0.3) is 0 Å². The number of hydrogen-bond acceptors (Lipinski definition) is 5. The van der Waals surface area contributed by atoms with Gasteiger partial charge in [0.05, 0.1) is 6.61 Å². The molecule has 1 rings (SSSR count). The van der Waals surface area contributed by atoms with E-state index < -0.39 is 13.1 Å². The van der Waals surface area contributed by atoms with E-state index in [0.717, 1.165) is 0 Å². The van der Waals surface area contributed by atoms with E-state index in [4.69, 9.17) is 20.0 Å². The van der Waals surface area contributed by atoms with Crippen LogP contribution in [0, 0.1) is 11.3 Å². The number of benzene rings is 1. The van der Waals surface area contributed by atoms with E-state index >= 15 is 0 Å². The van der Waals surface area contributed by atoms with E-state index in [-0.39, 0.29) is 12.2 Å². The van der Waals surface area contributed by atoms with Crippen LogP contribution in [0.2, 0.25) is 0 Å². The molecule has 18 heavy (non-hydrogen) atoms. The lowest BCUT2D eigenvalue weighted by Gasteiger charge is -2.01. The lowest BCUT2D eigenvalue weighted by Crippen LogP contribution is -2.29. The van der Waals surface area contributed by atoms with Crippen molar-refractivity contribution < 1.29 is 19.6 Å². The predicted octanol–water partition coefficient (Wildman–Crippen LogP) is -0.164. The van der Waals surface area contributed by atoms with E-state index in [1.807, 2.05) is 0 Å². The Labute approximate surface area is 105 Å². The molecule has 0 aromatic heterocycles. The Bertz CT molecular complexity index is 488. The average Bonchev–Trinajstić information content (AvgIpc) is 2.36. The largest absolute Gasteiger partial charge is 0.488 e. The zero-order valence-electron chi connectivity index (χ0n) is 9.83. The average molecular weight is 245 g/mol. The van der Waals surface area contributed by atoms with Crippen molar-refractivity contribution in [1.82, 2.24) is 0 Å². The number of ether oxygens (including phenoxy) is 1. The molecular formula is C12H12BNO4. The maximum Gasteiger partial charge on any atom is 0.488 e. The summed E-state index contributed by atoms with van der Waals surface area (Å²) in [5.41, 5.74) is 0.833. The Morgan fingerprint density at radius 2 is 2.06 bits per heavy atom. The summed E-state index contributed by atoms with van der Waals surface area (Å²) in [4.78, 5) is 11.4. The molecular weight excluding hydrogens is 233 g/mol. The quantitative estimate of drug-likeness (QED) is 0.333. The Balaban J connectivity index is 2.93. The van der Waals surface area contributed by atoms with Gasteiger partial charge in [-0.3, -0.25) is 0 Å². The first-order valence-corrected chi connectivity index (χ1v) is 5.33. The van der Waals surface area contributed by atoms with Gasteiger partial charge in [-0.15, -0.1) is 0 Å². The summed E-state index contributed by atoms with van der Waals surface area (Å²) in [5, 5.41) is 26.7. The highest BCUT2D eigenvalue weighted by Crippen LogP contribution is 2.07. The molecule has 0 fully saturated rings. The second-order valence-electron chi connectivity index (χ2n) is 3.43. The van der Waals surface area contributed by atoms with Crippen LogP contribution < -0.4 is 5.46 Å². The zero-order valence-corrected chi connectivity index (χ0v) is 9.83. The smallest absolute Gasteiger partial charge is 0.462 e. The van der Waals surface area contributed by atoms with Crippen molar-refractivity contribution in [3.05, 3.63) is 35.4 Å². The molecule has 0 bridgehead atoms.